The zero-order valence-electron chi connectivity index (χ0n) is 11.1. The van der Waals surface area contributed by atoms with Crippen LogP contribution in [0.25, 0.3) is 0 Å². The van der Waals surface area contributed by atoms with E-state index in [4.69, 9.17) is 22.1 Å². The summed E-state index contributed by atoms with van der Waals surface area (Å²) in [6.45, 7) is 7.56. The molecule has 0 saturated heterocycles. The molecule has 104 valence electrons. The molecule has 7 heteroatoms. The molecule has 0 bridgehead atoms. The highest BCUT2D eigenvalue weighted by Gasteiger charge is 2.23. The van der Waals surface area contributed by atoms with Gasteiger partial charge in [0.1, 0.15) is 5.60 Å². The first-order chi connectivity index (χ1) is 8.15. The lowest BCUT2D eigenvalue weighted by molar-refractivity contribution is -0.137. The molecule has 0 radical (unpaired) electrons. The topological polar surface area (TPSA) is 87.7 Å². The minimum atomic E-state index is -1.05. The largest absolute Gasteiger partial charge is 0.481 e. The Kier molecular flexibility index (Phi) is 6.61. The Hall–Kier alpha value is -1.37. The summed E-state index contributed by atoms with van der Waals surface area (Å²) in [4.78, 5) is 22.5. The molecule has 0 aromatic carbocycles. The van der Waals surface area contributed by atoms with Gasteiger partial charge < -0.3 is 20.5 Å². The van der Waals surface area contributed by atoms with Crippen LogP contribution in [0.5, 0.6) is 0 Å². The Balaban J connectivity index is 4.54. The molecule has 0 aromatic heterocycles. The number of hydrogen-bond donors (Lipinski definition) is 3. The van der Waals surface area contributed by atoms with Gasteiger partial charge in [-0.1, -0.05) is 12.2 Å². The number of aliphatic carboxylic acids is 1. The third kappa shape index (κ3) is 7.83. The summed E-state index contributed by atoms with van der Waals surface area (Å²) in [6, 6.07) is -0.771. The molecular formula is C11H20N2O4S. The van der Waals surface area contributed by atoms with Gasteiger partial charge in [-0.15, -0.1) is 0 Å². The molecule has 0 aromatic rings. The summed E-state index contributed by atoms with van der Waals surface area (Å²) >= 11 is 5.01. The van der Waals surface area contributed by atoms with Crippen LogP contribution in [-0.2, 0) is 9.53 Å². The fraction of sp³-hybridized carbons (Fsp3) is 0.727. The van der Waals surface area contributed by atoms with Crippen LogP contribution in [0.15, 0.2) is 0 Å². The fourth-order valence-electron chi connectivity index (χ4n) is 1.13. The minimum absolute atomic E-state index is 0.283. The lowest BCUT2D eigenvalue weighted by atomic mass is 10.2. The van der Waals surface area contributed by atoms with Crippen molar-refractivity contribution in [3.8, 4) is 0 Å². The smallest absolute Gasteiger partial charge is 0.408 e. The molecule has 6 nitrogen and oxygen atoms in total. The molecule has 0 aliphatic heterocycles. The Morgan fingerprint density at radius 1 is 1.39 bits per heavy atom. The van der Waals surface area contributed by atoms with Crippen molar-refractivity contribution >= 4 is 29.3 Å². The Morgan fingerprint density at radius 2 is 1.94 bits per heavy atom. The van der Waals surface area contributed by atoms with Crippen molar-refractivity contribution < 1.29 is 19.4 Å². The quantitative estimate of drug-likeness (QED) is 0.656. The molecule has 0 rings (SSSR count). The van der Waals surface area contributed by atoms with Gasteiger partial charge in [-0.3, -0.25) is 4.79 Å². The summed E-state index contributed by atoms with van der Waals surface area (Å²) in [5.41, 5.74) is -0.641. The van der Waals surface area contributed by atoms with E-state index in [-0.39, 0.29) is 11.4 Å². The normalized spacial score (nSPS) is 12.4. The number of thiocarbonyl (C=S) groups is 1. The maximum Gasteiger partial charge on any atom is 0.408 e. The molecule has 18 heavy (non-hydrogen) atoms. The second kappa shape index (κ2) is 7.15. The maximum atomic E-state index is 11.5. The van der Waals surface area contributed by atoms with Crippen molar-refractivity contribution in [2.45, 2.75) is 45.8 Å². The lowest BCUT2D eigenvalue weighted by Gasteiger charge is -2.23. The Bertz CT molecular complexity index is 325. The number of nitrogens with one attached hydrogen (secondary N) is 2. The molecule has 0 unspecified atom stereocenters. The van der Waals surface area contributed by atoms with Crippen molar-refractivity contribution in [1.82, 2.24) is 10.6 Å². The molecule has 0 aliphatic carbocycles. The zero-order chi connectivity index (χ0) is 14.3. The van der Waals surface area contributed by atoms with Gasteiger partial charge in [-0.05, 0) is 27.7 Å². The van der Waals surface area contributed by atoms with Crippen LogP contribution in [0.1, 0.15) is 34.1 Å². The van der Waals surface area contributed by atoms with Crippen molar-refractivity contribution in [2.24, 2.45) is 0 Å². The number of likely N-dealkylation sites (N-methyl/N-ethyl adjacent to an activating group) is 1. The Labute approximate surface area is 112 Å². The molecule has 1 atom stereocenters. The van der Waals surface area contributed by atoms with Crippen LogP contribution in [0.4, 0.5) is 4.79 Å². The average molecular weight is 276 g/mol. The van der Waals surface area contributed by atoms with Crippen molar-refractivity contribution in [2.75, 3.05) is 6.54 Å². The third-order valence-corrected chi connectivity index (χ3v) is 2.17. The number of carbonyl (C=O) groups is 2. The number of amides is 1. The second-order valence-corrected chi connectivity index (χ2v) is 5.13. The van der Waals surface area contributed by atoms with E-state index in [1.165, 1.54) is 0 Å². The number of hydrogen-bond acceptors (Lipinski definition) is 4. The van der Waals surface area contributed by atoms with E-state index >= 15 is 0 Å². The number of carboxylic acids is 1. The van der Waals surface area contributed by atoms with Gasteiger partial charge in [0.15, 0.2) is 0 Å². The van der Waals surface area contributed by atoms with Gasteiger partial charge >= 0.3 is 12.1 Å². The first kappa shape index (κ1) is 16.6. The van der Waals surface area contributed by atoms with E-state index < -0.39 is 23.7 Å². The van der Waals surface area contributed by atoms with Crippen molar-refractivity contribution in [3.63, 3.8) is 0 Å². The van der Waals surface area contributed by atoms with Crippen LogP contribution in [0.2, 0.25) is 0 Å². The SMILES string of the molecule is CCNC(=S)[C@H](CC(=O)O)NC(=O)OC(C)(C)C. The van der Waals surface area contributed by atoms with Gasteiger partial charge in [0, 0.05) is 6.54 Å². The first-order valence-electron chi connectivity index (χ1n) is 5.64. The highest BCUT2D eigenvalue weighted by Crippen LogP contribution is 2.07. The highest BCUT2D eigenvalue weighted by atomic mass is 32.1. The number of carboxylic acid groups (broad SMARTS) is 1. The number of ether oxygens (including phenoxy) is 1. The van der Waals surface area contributed by atoms with E-state index in [0.717, 1.165) is 0 Å². The van der Waals surface area contributed by atoms with E-state index in [9.17, 15) is 9.59 Å². The van der Waals surface area contributed by atoms with Crippen LogP contribution in [-0.4, -0.2) is 40.3 Å². The van der Waals surface area contributed by atoms with Crippen LogP contribution in [0, 0.1) is 0 Å². The molecular weight excluding hydrogens is 256 g/mol. The molecule has 0 fully saturated rings. The van der Waals surface area contributed by atoms with Gasteiger partial charge in [0.2, 0.25) is 0 Å². The summed E-state index contributed by atoms with van der Waals surface area (Å²) in [7, 11) is 0. The highest BCUT2D eigenvalue weighted by molar-refractivity contribution is 7.80. The van der Waals surface area contributed by atoms with Gasteiger partial charge in [0.05, 0.1) is 17.5 Å². The Morgan fingerprint density at radius 3 is 2.33 bits per heavy atom. The lowest BCUT2D eigenvalue weighted by Crippen LogP contribution is -2.48. The van der Waals surface area contributed by atoms with Gasteiger partial charge in [-0.2, -0.15) is 0 Å². The average Bonchev–Trinajstić information content (AvgIpc) is 2.13. The molecule has 0 spiro atoms. The minimum Gasteiger partial charge on any atom is -0.481 e. The van der Waals surface area contributed by atoms with Crippen LogP contribution < -0.4 is 10.6 Å². The number of carbonyl (C=O) groups excluding carboxylic acids is 1. The molecule has 1 amide bonds. The van der Waals surface area contributed by atoms with Gasteiger partial charge in [0.25, 0.3) is 0 Å². The second-order valence-electron chi connectivity index (χ2n) is 4.69. The van der Waals surface area contributed by atoms with Crippen LogP contribution >= 0.6 is 12.2 Å². The molecule has 0 saturated carbocycles. The van der Waals surface area contributed by atoms with E-state index in [2.05, 4.69) is 10.6 Å². The summed E-state index contributed by atoms with van der Waals surface area (Å²) in [6.07, 6.45) is -0.973. The van der Waals surface area contributed by atoms with Crippen LogP contribution in [0.3, 0.4) is 0 Å². The van der Waals surface area contributed by atoms with Gasteiger partial charge in [-0.25, -0.2) is 4.79 Å². The predicted octanol–water partition coefficient (Wildman–Crippen LogP) is 1.29. The van der Waals surface area contributed by atoms with Crippen molar-refractivity contribution in [1.29, 1.82) is 0 Å². The summed E-state index contributed by atoms with van der Waals surface area (Å²) in [5.74, 6) is -1.05. The van der Waals surface area contributed by atoms with E-state index in [0.29, 0.717) is 6.54 Å². The number of rotatable bonds is 5. The predicted molar refractivity (Wildman–Crippen MR) is 71.7 cm³/mol. The third-order valence-electron chi connectivity index (χ3n) is 1.74. The molecule has 3 N–H and O–H groups in total. The van der Waals surface area contributed by atoms with E-state index in [1.807, 2.05) is 6.92 Å². The maximum absolute atomic E-state index is 11.5. The fourth-order valence-corrected chi connectivity index (χ4v) is 1.42. The van der Waals surface area contributed by atoms with E-state index in [1.54, 1.807) is 20.8 Å². The number of alkyl carbamates (subject to hydrolysis) is 1. The molecule has 0 aliphatic rings. The zero-order valence-corrected chi connectivity index (χ0v) is 11.9. The first-order valence-corrected chi connectivity index (χ1v) is 6.05. The summed E-state index contributed by atoms with van der Waals surface area (Å²) < 4.78 is 5.05. The summed E-state index contributed by atoms with van der Waals surface area (Å²) in [5, 5.41) is 14.0. The molecule has 0 heterocycles. The van der Waals surface area contributed by atoms with Crippen molar-refractivity contribution in [3.05, 3.63) is 0 Å². The monoisotopic (exact) mass is 276 g/mol. The standard InChI is InChI=1S/C11H20N2O4S/c1-5-12-9(18)7(6-8(14)15)13-10(16)17-11(2,3)4/h7H,5-6H2,1-4H3,(H,12,18)(H,13,16)(H,14,15)/t7-/m0/s1.